The Morgan fingerprint density at radius 1 is 1.19 bits per heavy atom. The number of hydrogen-bond acceptors (Lipinski definition) is 6. The summed E-state index contributed by atoms with van der Waals surface area (Å²) in [7, 11) is 0. The molecule has 9 nitrogen and oxygen atoms in total. The van der Waals surface area contributed by atoms with Gasteiger partial charge in [0.2, 0.25) is 5.91 Å². The second kappa shape index (κ2) is 10.7. The van der Waals surface area contributed by atoms with Crippen LogP contribution in [0.5, 0.6) is 0 Å². The molecule has 2 amide bonds. The first kappa shape index (κ1) is 24.8. The molecule has 0 aliphatic heterocycles. The van der Waals surface area contributed by atoms with Crippen molar-refractivity contribution in [1.29, 1.82) is 0 Å². The highest BCUT2D eigenvalue weighted by Crippen LogP contribution is 2.24. The highest BCUT2D eigenvalue weighted by molar-refractivity contribution is 6.31. The fourth-order valence-electron chi connectivity index (χ4n) is 2.67. The van der Waals surface area contributed by atoms with E-state index in [1.54, 1.807) is 32.9 Å². The van der Waals surface area contributed by atoms with E-state index in [0.29, 0.717) is 5.56 Å². The number of anilines is 1. The van der Waals surface area contributed by atoms with Crippen molar-refractivity contribution < 1.29 is 29.0 Å². The number of carbonyl (C=O) groups excluding carboxylic acids is 3. The second-order valence-corrected chi connectivity index (χ2v) is 8.32. The van der Waals surface area contributed by atoms with Crippen LogP contribution < -0.4 is 10.6 Å². The lowest BCUT2D eigenvalue weighted by Gasteiger charge is -2.23. The van der Waals surface area contributed by atoms with Crippen LogP contribution in [0.25, 0.3) is 0 Å². The quantitative estimate of drug-likeness (QED) is 0.510. The smallest absolute Gasteiger partial charge is 0.408 e. The van der Waals surface area contributed by atoms with Crippen LogP contribution in [0.15, 0.2) is 42.7 Å². The first-order valence-corrected chi connectivity index (χ1v) is 10.1. The normalized spacial score (nSPS) is 11.9. The number of halogens is 1. The molecule has 2 rings (SSSR count). The lowest BCUT2D eigenvalue weighted by molar-refractivity contribution is -0.137. The summed E-state index contributed by atoms with van der Waals surface area (Å²) >= 11 is 6.04. The van der Waals surface area contributed by atoms with Gasteiger partial charge in [0.15, 0.2) is 5.78 Å². The van der Waals surface area contributed by atoms with Gasteiger partial charge in [-0.2, -0.15) is 0 Å². The van der Waals surface area contributed by atoms with Crippen LogP contribution in [0.1, 0.15) is 49.5 Å². The largest absolute Gasteiger partial charge is 0.481 e. The molecule has 170 valence electrons. The summed E-state index contributed by atoms with van der Waals surface area (Å²) in [5.41, 5.74) is -0.246. The molecule has 0 fully saturated rings. The summed E-state index contributed by atoms with van der Waals surface area (Å²) in [5, 5.41) is 14.2. The van der Waals surface area contributed by atoms with Crippen LogP contribution in [0.3, 0.4) is 0 Å². The Bertz CT molecular complexity index is 1000. The van der Waals surface area contributed by atoms with E-state index < -0.39 is 35.4 Å². The fraction of sp³-hybridized carbons (Fsp3) is 0.318. The van der Waals surface area contributed by atoms with Gasteiger partial charge in [0, 0.05) is 35.0 Å². The standard InChI is InChI=1S/C22H24ClN3O6/c1-22(2,3)32-21(31)26-17(8-9-18(27)28)20(30)25-16-7-6-14(23)11-15(16)19(29)13-5-4-10-24-12-13/h4-7,10-12,17H,8-9H2,1-3H3,(H,25,30)(H,26,31)(H,27,28). The number of pyridine rings is 1. The molecule has 0 bridgehead atoms. The molecule has 3 N–H and O–H groups in total. The molecule has 0 spiro atoms. The van der Waals surface area contributed by atoms with Gasteiger partial charge in [0.25, 0.3) is 0 Å². The van der Waals surface area contributed by atoms with E-state index in [2.05, 4.69) is 15.6 Å². The van der Waals surface area contributed by atoms with Crippen molar-refractivity contribution in [3.8, 4) is 0 Å². The maximum Gasteiger partial charge on any atom is 0.408 e. The molecule has 1 atom stereocenters. The minimum absolute atomic E-state index is 0.119. The average molecular weight is 462 g/mol. The van der Waals surface area contributed by atoms with Gasteiger partial charge in [0.1, 0.15) is 11.6 Å². The number of aromatic nitrogens is 1. The molecule has 0 aliphatic rings. The lowest BCUT2D eigenvalue weighted by Crippen LogP contribution is -2.46. The third kappa shape index (κ3) is 7.66. The molecule has 2 aromatic rings. The predicted octanol–water partition coefficient (Wildman–Crippen LogP) is 3.66. The van der Waals surface area contributed by atoms with Crippen LogP contribution in [-0.2, 0) is 14.3 Å². The van der Waals surface area contributed by atoms with Crippen molar-refractivity contribution in [2.75, 3.05) is 5.32 Å². The van der Waals surface area contributed by atoms with Crippen molar-refractivity contribution in [2.24, 2.45) is 0 Å². The third-order valence-electron chi connectivity index (χ3n) is 4.06. The fourth-order valence-corrected chi connectivity index (χ4v) is 2.84. The Labute approximate surface area is 190 Å². The Morgan fingerprint density at radius 3 is 2.50 bits per heavy atom. The van der Waals surface area contributed by atoms with Gasteiger partial charge in [-0.3, -0.25) is 19.4 Å². The van der Waals surface area contributed by atoms with Crippen molar-refractivity contribution in [3.63, 3.8) is 0 Å². The van der Waals surface area contributed by atoms with Gasteiger partial charge in [-0.1, -0.05) is 11.6 Å². The van der Waals surface area contributed by atoms with Gasteiger partial charge >= 0.3 is 12.1 Å². The highest BCUT2D eigenvalue weighted by atomic mass is 35.5. The molecule has 0 saturated carbocycles. The molecule has 0 saturated heterocycles. The number of carbonyl (C=O) groups is 4. The van der Waals surface area contributed by atoms with Crippen molar-refractivity contribution in [1.82, 2.24) is 10.3 Å². The van der Waals surface area contributed by atoms with Crippen molar-refractivity contribution in [3.05, 3.63) is 58.9 Å². The molecule has 10 heteroatoms. The summed E-state index contributed by atoms with van der Waals surface area (Å²) in [4.78, 5) is 52.8. The number of nitrogens with one attached hydrogen (secondary N) is 2. The van der Waals surface area contributed by atoms with Crippen LogP contribution in [0, 0.1) is 0 Å². The van der Waals surface area contributed by atoms with E-state index in [1.807, 2.05) is 0 Å². The first-order valence-electron chi connectivity index (χ1n) is 9.72. The zero-order valence-electron chi connectivity index (χ0n) is 17.8. The second-order valence-electron chi connectivity index (χ2n) is 7.88. The number of nitrogens with zero attached hydrogens (tertiary/aromatic N) is 1. The molecular weight excluding hydrogens is 438 g/mol. The van der Waals surface area contributed by atoms with E-state index >= 15 is 0 Å². The van der Waals surface area contributed by atoms with Gasteiger partial charge in [-0.05, 0) is 57.5 Å². The molecular formula is C22H24ClN3O6. The number of alkyl carbamates (subject to hydrolysis) is 1. The van der Waals surface area contributed by atoms with Gasteiger partial charge in [-0.25, -0.2) is 4.79 Å². The number of rotatable bonds is 8. The number of benzene rings is 1. The van der Waals surface area contributed by atoms with Crippen LogP contribution >= 0.6 is 11.6 Å². The number of ketones is 1. The third-order valence-corrected chi connectivity index (χ3v) is 4.30. The minimum atomic E-state index is -1.21. The summed E-state index contributed by atoms with van der Waals surface area (Å²) < 4.78 is 5.15. The maximum absolute atomic E-state index is 12.9. The SMILES string of the molecule is CC(C)(C)OC(=O)NC(CCC(=O)O)C(=O)Nc1ccc(Cl)cc1C(=O)c1cccnc1. The van der Waals surface area contributed by atoms with Gasteiger partial charge in [0.05, 0.1) is 5.69 Å². The zero-order valence-corrected chi connectivity index (χ0v) is 18.6. The zero-order chi connectivity index (χ0) is 23.9. The van der Waals surface area contributed by atoms with Crippen molar-refractivity contribution >= 4 is 41.0 Å². The molecule has 0 aliphatic carbocycles. The molecule has 0 radical (unpaired) electrons. The van der Waals surface area contributed by atoms with Crippen LogP contribution in [0.4, 0.5) is 10.5 Å². The summed E-state index contributed by atoms with van der Waals surface area (Å²) in [6.07, 6.45) is 1.49. The molecule has 1 heterocycles. The molecule has 1 aromatic heterocycles. The Morgan fingerprint density at radius 2 is 1.91 bits per heavy atom. The lowest BCUT2D eigenvalue weighted by atomic mass is 10.0. The van der Waals surface area contributed by atoms with Crippen molar-refractivity contribution in [2.45, 2.75) is 45.3 Å². The number of aliphatic carboxylic acids is 1. The number of hydrogen-bond donors (Lipinski definition) is 3. The maximum atomic E-state index is 12.9. The Kier molecular flexibility index (Phi) is 8.31. The molecule has 1 aromatic carbocycles. The van der Waals surface area contributed by atoms with E-state index in [-0.39, 0.29) is 29.1 Å². The van der Waals surface area contributed by atoms with E-state index in [1.165, 1.54) is 30.6 Å². The minimum Gasteiger partial charge on any atom is -0.481 e. The molecule has 32 heavy (non-hydrogen) atoms. The van der Waals surface area contributed by atoms with Crippen LogP contribution in [0.2, 0.25) is 5.02 Å². The van der Waals surface area contributed by atoms with Gasteiger partial charge in [-0.15, -0.1) is 0 Å². The van der Waals surface area contributed by atoms with Gasteiger partial charge < -0.3 is 20.5 Å². The number of amides is 2. The van der Waals surface area contributed by atoms with E-state index in [0.717, 1.165) is 0 Å². The monoisotopic (exact) mass is 461 g/mol. The number of ether oxygens (including phenoxy) is 1. The number of carboxylic acid groups (broad SMARTS) is 1. The Hall–Kier alpha value is -3.46. The van der Waals surface area contributed by atoms with E-state index in [9.17, 15) is 19.2 Å². The first-order chi connectivity index (χ1) is 15.0. The van der Waals surface area contributed by atoms with E-state index in [4.69, 9.17) is 21.4 Å². The summed E-state index contributed by atoms with van der Waals surface area (Å²) in [6.45, 7) is 4.97. The topological polar surface area (TPSA) is 135 Å². The highest BCUT2D eigenvalue weighted by Gasteiger charge is 2.26. The predicted molar refractivity (Wildman–Crippen MR) is 118 cm³/mol. The summed E-state index contributed by atoms with van der Waals surface area (Å²) in [6, 6.07) is 6.30. The van der Waals surface area contributed by atoms with Crippen LogP contribution in [-0.4, -0.2) is 45.5 Å². The number of carboxylic acids is 1. The average Bonchev–Trinajstić information content (AvgIpc) is 2.71. The Balaban J connectivity index is 2.27. The molecule has 1 unspecified atom stereocenters. The summed E-state index contributed by atoms with van der Waals surface area (Å²) in [5.74, 6) is -2.26.